The minimum atomic E-state index is 0.542. The summed E-state index contributed by atoms with van der Waals surface area (Å²) in [7, 11) is 2.12. The van der Waals surface area contributed by atoms with Crippen LogP contribution in [0.2, 0.25) is 0 Å². The Balaban J connectivity index is 2.87. The molecule has 1 aromatic rings. The van der Waals surface area contributed by atoms with Crippen LogP contribution in [0.25, 0.3) is 0 Å². The molecule has 0 aromatic carbocycles. The maximum atomic E-state index is 5.65. The van der Waals surface area contributed by atoms with Crippen molar-refractivity contribution in [2.75, 3.05) is 24.0 Å². The third-order valence-electron chi connectivity index (χ3n) is 3.14. The SMILES string of the molecule is CCC(CSC)N(C)c1ccc(CN)c(C)n1. The summed E-state index contributed by atoms with van der Waals surface area (Å²) in [5, 5.41) is 0. The number of aryl methyl sites for hydroxylation is 1. The summed E-state index contributed by atoms with van der Waals surface area (Å²) >= 11 is 1.88. The molecule has 1 atom stereocenters. The standard InChI is InChI=1S/C13H23N3S/c1-5-12(9-17-4)16(3)13-7-6-11(8-14)10(2)15-13/h6-7,12H,5,8-9,14H2,1-4H3. The number of pyridine rings is 1. The van der Waals surface area contributed by atoms with Crippen molar-refractivity contribution in [2.45, 2.75) is 32.9 Å². The third-order valence-corrected chi connectivity index (χ3v) is 3.86. The molecule has 1 rings (SSSR count). The van der Waals surface area contributed by atoms with E-state index in [2.05, 4.69) is 42.2 Å². The van der Waals surface area contributed by atoms with Crippen molar-refractivity contribution < 1.29 is 0 Å². The van der Waals surface area contributed by atoms with Gasteiger partial charge in [-0.3, -0.25) is 0 Å². The number of nitrogens with two attached hydrogens (primary N) is 1. The highest BCUT2D eigenvalue weighted by molar-refractivity contribution is 7.98. The lowest BCUT2D eigenvalue weighted by atomic mass is 10.2. The smallest absolute Gasteiger partial charge is 0.128 e. The van der Waals surface area contributed by atoms with E-state index in [9.17, 15) is 0 Å². The molecular formula is C13H23N3S. The number of aromatic nitrogens is 1. The quantitative estimate of drug-likeness (QED) is 0.845. The monoisotopic (exact) mass is 253 g/mol. The van der Waals surface area contributed by atoms with Crippen LogP contribution in [0.4, 0.5) is 5.82 Å². The van der Waals surface area contributed by atoms with Gasteiger partial charge in [-0.2, -0.15) is 11.8 Å². The molecule has 0 saturated heterocycles. The van der Waals surface area contributed by atoms with Gasteiger partial charge in [-0.15, -0.1) is 0 Å². The average molecular weight is 253 g/mol. The van der Waals surface area contributed by atoms with Crippen LogP contribution in [0.15, 0.2) is 12.1 Å². The first-order chi connectivity index (χ1) is 8.13. The highest BCUT2D eigenvalue weighted by atomic mass is 32.2. The Morgan fingerprint density at radius 1 is 1.47 bits per heavy atom. The van der Waals surface area contributed by atoms with Crippen LogP contribution < -0.4 is 10.6 Å². The number of hydrogen-bond donors (Lipinski definition) is 1. The molecule has 0 bridgehead atoms. The Morgan fingerprint density at radius 2 is 2.18 bits per heavy atom. The number of thioether (sulfide) groups is 1. The topological polar surface area (TPSA) is 42.1 Å². The second-order valence-corrected chi connectivity index (χ2v) is 5.16. The van der Waals surface area contributed by atoms with Crippen LogP contribution in [0, 0.1) is 6.92 Å². The van der Waals surface area contributed by atoms with Gasteiger partial charge in [-0.05, 0) is 31.2 Å². The molecule has 0 saturated carbocycles. The van der Waals surface area contributed by atoms with Gasteiger partial charge >= 0.3 is 0 Å². The van der Waals surface area contributed by atoms with E-state index >= 15 is 0 Å². The van der Waals surface area contributed by atoms with E-state index in [0.717, 1.165) is 29.2 Å². The molecule has 1 heterocycles. The molecule has 1 unspecified atom stereocenters. The lowest BCUT2D eigenvalue weighted by Gasteiger charge is -2.28. The van der Waals surface area contributed by atoms with Crippen LogP contribution >= 0.6 is 11.8 Å². The Labute approximate surface area is 109 Å². The molecular weight excluding hydrogens is 230 g/mol. The molecule has 2 N–H and O–H groups in total. The molecule has 0 spiro atoms. The Bertz CT molecular complexity index is 355. The van der Waals surface area contributed by atoms with Crippen molar-refractivity contribution >= 4 is 17.6 Å². The van der Waals surface area contributed by atoms with Gasteiger partial charge < -0.3 is 10.6 Å². The van der Waals surface area contributed by atoms with Crippen molar-refractivity contribution in [2.24, 2.45) is 5.73 Å². The lowest BCUT2D eigenvalue weighted by molar-refractivity contribution is 0.665. The summed E-state index contributed by atoms with van der Waals surface area (Å²) in [6.07, 6.45) is 3.28. The van der Waals surface area contributed by atoms with E-state index in [0.29, 0.717) is 12.6 Å². The third kappa shape index (κ3) is 3.61. The highest BCUT2D eigenvalue weighted by Gasteiger charge is 2.14. The summed E-state index contributed by atoms with van der Waals surface area (Å²) in [5.41, 5.74) is 7.82. The Hall–Kier alpha value is -0.740. The molecule has 3 nitrogen and oxygen atoms in total. The molecule has 96 valence electrons. The lowest BCUT2D eigenvalue weighted by Crippen LogP contribution is -2.33. The van der Waals surface area contributed by atoms with Crippen LogP contribution in [-0.4, -0.2) is 30.1 Å². The van der Waals surface area contributed by atoms with Crippen molar-refractivity contribution in [3.05, 3.63) is 23.4 Å². The van der Waals surface area contributed by atoms with E-state index < -0.39 is 0 Å². The number of hydrogen-bond acceptors (Lipinski definition) is 4. The van der Waals surface area contributed by atoms with Gasteiger partial charge in [0.25, 0.3) is 0 Å². The first kappa shape index (κ1) is 14.3. The molecule has 0 fully saturated rings. The molecule has 0 radical (unpaired) electrons. The molecule has 0 aliphatic carbocycles. The summed E-state index contributed by atoms with van der Waals surface area (Å²) in [6, 6.07) is 4.69. The zero-order chi connectivity index (χ0) is 12.8. The highest BCUT2D eigenvalue weighted by Crippen LogP contribution is 2.18. The van der Waals surface area contributed by atoms with E-state index in [4.69, 9.17) is 5.73 Å². The van der Waals surface area contributed by atoms with E-state index in [-0.39, 0.29) is 0 Å². The van der Waals surface area contributed by atoms with Gasteiger partial charge in [0.2, 0.25) is 0 Å². The Morgan fingerprint density at radius 3 is 2.65 bits per heavy atom. The van der Waals surface area contributed by atoms with Crippen molar-refractivity contribution in [3.63, 3.8) is 0 Å². The predicted octanol–water partition coefficient (Wildman–Crippen LogP) is 2.43. The minimum Gasteiger partial charge on any atom is -0.356 e. The maximum absolute atomic E-state index is 5.65. The normalized spacial score (nSPS) is 12.5. The van der Waals surface area contributed by atoms with Gasteiger partial charge in [0.15, 0.2) is 0 Å². The predicted molar refractivity (Wildman–Crippen MR) is 77.7 cm³/mol. The maximum Gasteiger partial charge on any atom is 0.128 e. The fraction of sp³-hybridized carbons (Fsp3) is 0.615. The van der Waals surface area contributed by atoms with Gasteiger partial charge in [0.05, 0.1) is 0 Å². The van der Waals surface area contributed by atoms with Crippen LogP contribution in [0.3, 0.4) is 0 Å². The summed E-state index contributed by atoms with van der Waals surface area (Å²) in [5.74, 6) is 2.17. The zero-order valence-electron chi connectivity index (χ0n) is 11.2. The van der Waals surface area contributed by atoms with Crippen LogP contribution in [-0.2, 0) is 6.54 Å². The van der Waals surface area contributed by atoms with Gasteiger partial charge in [0, 0.05) is 31.1 Å². The van der Waals surface area contributed by atoms with E-state index in [1.54, 1.807) is 0 Å². The minimum absolute atomic E-state index is 0.542. The van der Waals surface area contributed by atoms with Gasteiger partial charge in [-0.1, -0.05) is 13.0 Å². The molecule has 0 amide bonds. The number of anilines is 1. The first-order valence-electron chi connectivity index (χ1n) is 6.02. The number of rotatable bonds is 6. The molecule has 1 aromatic heterocycles. The zero-order valence-corrected chi connectivity index (χ0v) is 12.0. The van der Waals surface area contributed by atoms with Crippen molar-refractivity contribution in [1.29, 1.82) is 0 Å². The summed E-state index contributed by atoms with van der Waals surface area (Å²) in [6.45, 7) is 4.80. The fourth-order valence-electron chi connectivity index (χ4n) is 1.87. The second-order valence-electron chi connectivity index (χ2n) is 4.25. The van der Waals surface area contributed by atoms with E-state index in [1.807, 2.05) is 18.7 Å². The van der Waals surface area contributed by atoms with Crippen LogP contribution in [0.1, 0.15) is 24.6 Å². The summed E-state index contributed by atoms with van der Waals surface area (Å²) in [4.78, 5) is 6.90. The van der Waals surface area contributed by atoms with Crippen molar-refractivity contribution in [3.8, 4) is 0 Å². The average Bonchev–Trinajstić information content (AvgIpc) is 2.35. The largest absolute Gasteiger partial charge is 0.356 e. The van der Waals surface area contributed by atoms with E-state index in [1.165, 1.54) is 0 Å². The van der Waals surface area contributed by atoms with Crippen LogP contribution in [0.5, 0.6) is 0 Å². The molecule has 0 aliphatic heterocycles. The van der Waals surface area contributed by atoms with Gasteiger partial charge in [0.1, 0.15) is 5.82 Å². The number of nitrogens with zero attached hydrogens (tertiary/aromatic N) is 2. The Kier molecular flexibility index (Phi) is 5.78. The second kappa shape index (κ2) is 6.87. The molecule has 4 heteroatoms. The van der Waals surface area contributed by atoms with Gasteiger partial charge in [-0.25, -0.2) is 4.98 Å². The molecule has 17 heavy (non-hydrogen) atoms. The fourth-order valence-corrected chi connectivity index (χ4v) is 2.72. The molecule has 0 aliphatic rings. The summed E-state index contributed by atoms with van der Waals surface area (Å²) < 4.78 is 0. The first-order valence-corrected chi connectivity index (χ1v) is 7.41. The van der Waals surface area contributed by atoms with Crippen molar-refractivity contribution in [1.82, 2.24) is 4.98 Å².